The lowest BCUT2D eigenvalue weighted by atomic mass is 9.99. The van der Waals surface area contributed by atoms with Gasteiger partial charge in [0.25, 0.3) is 0 Å². The first-order chi connectivity index (χ1) is 6.41. The summed E-state index contributed by atoms with van der Waals surface area (Å²) < 4.78 is 0. The Morgan fingerprint density at radius 1 is 1.21 bits per heavy atom. The van der Waals surface area contributed by atoms with Crippen LogP contribution in [0.3, 0.4) is 0 Å². The molecule has 0 bridgehead atoms. The number of likely N-dealkylation sites (N-methyl/N-ethyl adjacent to an activating group) is 1. The summed E-state index contributed by atoms with van der Waals surface area (Å²) in [4.78, 5) is 4.98. The monoisotopic (exact) mass is 197 g/mol. The minimum absolute atomic E-state index is 0.173. The molecule has 3 heteroatoms. The summed E-state index contributed by atoms with van der Waals surface area (Å²) in [5.41, 5.74) is 6.63. The molecule has 14 heavy (non-hydrogen) atoms. The van der Waals surface area contributed by atoms with E-state index in [0.717, 1.165) is 13.1 Å². The number of hydrogen-bond acceptors (Lipinski definition) is 3. The summed E-state index contributed by atoms with van der Waals surface area (Å²) in [5, 5.41) is 0. The van der Waals surface area contributed by atoms with E-state index in [-0.39, 0.29) is 5.54 Å². The van der Waals surface area contributed by atoms with Crippen molar-refractivity contribution in [2.45, 2.75) is 37.8 Å². The van der Waals surface area contributed by atoms with Crippen LogP contribution in [0.1, 0.15) is 26.7 Å². The van der Waals surface area contributed by atoms with E-state index >= 15 is 0 Å². The van der Waals surface area contributed by atoms with Crippen LogP contribution in [0, 0.1) is 0 Å². The largest absolute Gasteiger partial charge is 0.324 e. The van der Waals surface area contributed by atoms with Crippen molar-refractivity contribution in [3.05, 3.63) is 0 Å². The normalized spacial score (nSPS) is 31.7. The maximum Gasteiger partial charge on any atom is 0.0284 e. The maximum atomic E-state index is 6.15. The zero-order chi connectivity index (χ0) is 10.4. The fourth-order valence-electron chi connectivity index (χ4n) is 2.24. The smallest absolute Gasteiger partial charge is 0.0284 e. The van der Waals surface area contributed by atoms with E-state index in [9.17, 15) is 0 Å². The van der Waals surface area contributed by atoms with Crippen LogP contribution in [-0.4, -0.2) is 54.1 Å². The lowest BCUT2D eigenvalue weighted by molar-refractivity contribution is 0.0358. The van der Waals surface area contributed by atoms with E-state index < -0.39 is 0 Å². The molecule has 0 aromatic rings. The first kappa shape index (κ1) is 10.4. The Bertz CT molecular complexity index is 221. The molecule has 0 unspecified atom stereocenters. The molecule has 0 radical (unpaired) electrons. The highest BCUT2D eigenvalue weighted by Gasteiger charge is 2.42. The van der Waals surface area contributed by atoms with E-state index in [4.69, 9.17) is 5.73 Å². The van der Waals surface area contributed by atoms with Crippen molar-refractivity contribution < 1.29 is 0 Å². The van der Waals surface area contributed by atoms with Crippen LogP contribution in [-0.2, 0) is 0 Å². The highest BCUT2D eigenvalue weighted by molar-refractivity contribution is 5.02. The second kappa shape index (κ2) is 3.19. The van der Waals surface area contributed by atoms with Crippen molar-refractivity contribution in [1.29, 1.82) is 0 Å². The molecule has 2 N–H and O–H groups in total. The quantitative estimate of drug-likeness (QED) is 0.700. The van der Waals surface area contributed by atoms with E-state index in [1.807, 2.05) is 0 Å². The maximum absolute atomic E-state index is 6.15. The fraction of sp³-hybridized carbons (Fsp3) is 1.00. The molecule has 0 spiro atoms. The molecular formula is C11H23N3. The number of nitrogens with two attached hydrogens (primary N) is 1. The second-order valence-electron chi connectivity index (χ2n) is 5.81. The summed E-state index contributed by atoms with van der Waals surface area (Å²) in [6.45, 7) is 9.24. The van der Waals surface area contributed by atoms with E-state index in [2.05, 4.69) is 30.7 Å². The molecule has 3 nitrogen and oxygen atoms in total. The fourth-order valence-corrected chi connectivity index (χ4v) is 2.24. The Kier molecular flexibility index (Phi) is 2.37. The Morgan fingerprint density at radius 3 is 2.36 bits per heavy atom. The lowest BCUT2D eigenvalue weighted by Gasteiger charge is -2.46. The van der Waals surface area contributed by atoms with Gasteiger partial charge in [-0.25, -0.2) is 0 Å². The van der Waals surface area contributed by atoms with Crippen LogP contribution in [0.2, 0.25) is 0 Å². The number of rotatable bonds is 2. The first-order valence-corrected chi connectivity index (χ1v) is 5.64. The number of nitrogens with zero attached hydrogens (tertiary/aromatic N) is 2. The Balaban J connectivity index is 1.90. The molecule has 2 aliphatic rings. The molecule has 2 rings (SSSR count). The molecule has 1 aliphatic heterocycles. The molecule has 1 saturated heterocycles. The molecule has 1 aliphatic carbocycles. The molecule has 2 fully saturated rings. The minimum Gasteiger partial charge on any atom is -0.324 e. The summed E-state index contributed by atoms with van der Waals surface area (Å²) in [7, 11) is 2.21. The van der Waals surface area contributed by atoms with Gasteiger partial charge in [0.05, 0.1) is 0 Å². The van der Waals surface area contributed by atoms with Gasteiger partial charge >= 0.3 is 0 Å². The van der Waals surface area contributed by atoms with Gasteiger partial charge in [-0.1, -0.05) is 0 Å². The molecular weight excluding hydrogens is 174 g/mol. The summed E-state index contributed by atoms with van der Waals surface area (Å²) >= 11 is 0. The third-order valence-electron chi connectivity index (χ3n) is 3.83. The summed E-state index contributed by atoms with van der Waals surface area (Å²) in [6.07, 6.45) is 2.44. The van der Waals surface area contributed by atoms with Crippen molar-refractivity contribution in [2.24, 2.45) is 5.73 Å². The third-order valence-corrected chi connectivity index (χ3v) is 3.83. The Hall–Kier alpha value is -0.120. The van der Waals surface area contributed by atoms with Crippen LogP contribution in [0.25, 0.3) is 0 Å². The van der Waals surface area contributed by atoms with Crippen molar-refractivity contribution in [3.8, 4) is 0 Å². The van der Waals surface area contributed by atoms with Crippen molar-refractivity contribution >= 4 is 0 Å². The van der Waals surface area contributed by atoms with Gasteiger partial charge in [-0.2, -0.15) is 0 Å². The molecule has 1 saturated carbocycles. The molecule has 0 atom stereocenters. The number of hydrogen-bond donors (Lipinski definition) is 1. The van der Waals surface area contributed by atoms with E-state index in [1.165, 1.54) is 25.9 Å². The second-order valence-corrected chi connectivity index (χ2v) is 5.81. The number of piperazine rings is 1. The van der Waals surface area contributed by atoms with Gasteiger partial charge in [-0.05, 0) is 33.7 Å². The SMILES string of the molecule is CN1CCN(CC2(N)CC2)CC1(C)C. The molecule has 0 aromatic heterocycles. The van der Waals surface area contributed by atoms with Crippen LogP contribution >= 0.6 is 0 Å². The Morgan fingerprint density at radius 2 is 1.86 bits per heavy atom. The lowest BCUT2D eigenvalue weighted by Crippen LogP contribution is -2.59. The average molecular weight is 197 g/mol. The Labute approximate surface area is 87.2 Å². The van der Waals surface area contributed by atoms with Crippen molar-refractivity contribution in [1.82, 2.24) is 9.80 Å². The molecule has 0 amide bonds. The zero-order valence-electron chi connectivity index (χ0n) is 9.71. The average Bonchev–Trinajstić information content (AvgIpc) is 2.76. The van der Waals surface area contributed by atoms with Gasteiger partial charge in [0.2, 0.25) is 0 Å². The van der Waals surface area contributed by atoms with Gasteiger partial charge < -0.3 is 5.73 Å². The van der Waals surface area contributed by atoms with Crippen LogP contribution in [0.15, 0.2) is 0 Å². The topological polar surface area (TPSA) is 32.5 Å². The van der Waals surface area contributed by atoms with Gasteiger partial charge in [0.15, 0.2) is 0 Å². The predicted molar refractivity (Wildman–Crippen MR) is 59.3 cm³/mol. The van der Waals surface area contributed by atoms with Gasteiger partial charge in [0.1, 0.15) is 0 Å². The van der Waals surface area contributed by atoms with Gasteiger partial charge in [-0.3, -0.25) is 9.80 Å². The van der Waals surface area contributed by atoms with Crippen molar-refractivity contribution in [2.75, 3.05) is 33.2 Å². The van der Waals surface area contributed by atoms with E-state index in [0.29, 0.717) is 5.54 Å². The van der Waals surface area contributed by atoms with Crippen molar-refractivity contribution in [3.63, 3.8) is 0 Å². The van der Waals surface area contributed by atoms with Gasteiger partial charge in [0, 0.05) is 37.3 Å². The highest BCUT2D eigenvalue weighted by atomic mass is 15.3. The standard InChI is InChI=1S/C11H23N3/c1-10(2)8-14(7-6-13(10)3)9-11(12)4-5-11/h4-9,12H2,1-3H3. The summed E-state index contributed by atoms with van der Waals surface area (Å²) in [6, 6.07) is 0. The van der Waals surface area contributed by atoms with Crippen LogP contribution in [0.4, 0.5) is 0 Å². The zero-order valence-corrected chi connectivity index (χ0v) is 9.71. The first-order valence-electron chi connectivity index (χ1n) is 5.64. The molecule has 0 aromatic carbocycles. The molecule has 82 valence electrons. The highest BCUT2D eigenvalue weighted by Crippen LogP contribution is 2.34. The minimum atomic E-state index is 0.173. The van der Waals surface area contributed by atoms with Crippen LogP contribution in [0.5, 0.6) is 0 Å². The van der Waals surface area contributed by atoms with E-state index in [1.54, 1.807) is 0 Å². The predicted octanol–water partition coefficient (Wildman–Crippen LogP) is 0.504. The summed E-state index contributed by atoms with van der Waals surface area (Å²) in [5.74, 6) is 0. The molecule has 1 heterocycles. The van der Waals surface area contributed by atoms with Gasteiger partial charge in [-0.15, -0.1) is 0 Å². The third kappa shape index (κ3) is 2.10. The van der Waals surface area contributed by atoms with Crippen LogP contribution < -0.4 is 5.73 Å².